The highest BCUT2D eigenvalue weighted by Crippen LogP contribution is 2.44. The number of fused-ring (bicyclic) bond motifs is 3. The first-order valence-corrected chi connectivity index (χ1v) is 12.4. The van der Waals surface area contributed by atoms with Gasteiger partial charge in [-0.05, 0) is 53.9 Å². The number of hydrogen-bond donors (Lipinski definition) is 2. The standard InChI is InChI=1S/C28H34N2O5/c1-18(14-27(32)33)20-8-7-13-30(16-20)26(31)15-19(2)29-28(34)35-17-25-23-11-5-3-9-21(23)22-10-4-6-12-24(22)25/h3-6,9-12,18-20,25H,7-8,13-17H2,1-2H3,(H,29,34)(H,32,33). The van der Waals surface area contributed by atoms with Crippen LogP contribution in [-0.4, -0.2) is 53.7 Å². The number of carbonyl (C=O) groups is 3. The molecule has 0 bridgehead atoms. The van der Waals surface area contributed by atoms with Gasteiger partial charge in [-0.1, -0.05) is 55.5 Å². The highest BCUT2D eigenvalue weighted by atomic mass is 16.5. The number of ether oxygens (including phenoxy) is 1. The molecule has 0 spiro atoms. The molecule has 35 heavy (non-hydrogen) atoms. The third-order valence-corrected chi connectivity index (χ3v) is 7.30. The quantitative estimate of drug-likeness (QED) is 0.576. The summed E-state index contributed by atoms with van der Waals surface area (Å²) in [5, 5.41) is 11.9. The minimum atomic E-state index is -0.804. The second-order valence-corrected chi connectivity index (χ2v) is 9.89. The lowest BCUT2D eigenvalue weighted by Crippen LogP contribution is -2.45. The normalized spacial score (nSPS) is 18.8. The summed E-state index contributed by atoms with van der Waals surface area (Å²) in [6.07, 6.45) is 1.58. The molecule has 0 radical (unpaired) electrons. The van der Waals surface area contributed by atoms with Crippen LogP contribution >= 0.6 is 0 Å². The molecule has 2 aromatic rings. The molecule has 186 valence electrons. The second-order valence-electron chi connectivity index (χ2n) is 9.89. The molecule has 1 saturated heterocycles. The maximum atomic E-state index is 12.8. The first kappa shape index (κ1) is 24.8. The lowest BCUT2D eigenvalue weighted by Gasteiger charge is -2.36. The zero-order valence-corrected chi connectivity index (χ0v) is 20.4. The molecule has 2 N–H and O–H groups in total. The van der Waals surface area contributed by atoms with E-state index in [1.54, 1.807) is 6.92 Å². The third-order valence-electron chi connectivity index (χ3n) is 7.30. The number of carboxylic acids is 1. The molecule has 1 heterocycles. The summed E-state index contributed by atoms with van der Waals surface area (Å²) in [4.78, 5) is 38.2. The Labute approximate surface area is 206 Å². The van der Waals surface area contributed by atoms with Crippen molar-refractivity contribution in [1.82, 2.24) is 10.2 Å². The number of amides is 2. The Hall–Kier alpha value is -3.35. The molecule has 7 heteroatoms. The summed E-state index contributed by atoms with van der Waals surface area (Å²) in [5.41, 5.74) is 4.66. The van der Waals surface area contributed by atoms with Crippen molar-refractivity contribution in [1.29, 1.82) is 0 Å². The SMILES string of the molecule is CC(CC(=O)N1CCCC(C(C)CC(=O)O)C1)NC(=O)OCC1c2ccccc2-c2ccccc21. The van der Waals surface area contributed by atoms with Crippen molar-refractivity contribution >= 4 is 18.0 Å². The van der Waals surface area contributed by atoms with E-state index in [-0.39, 0.29) is 49.2 Å². The van der Waals surface area contributed by atoms with Crippen LogP contribution in [0, 0.1) is 11.8 Å². The van der Waals surface area contributed by atoms with Gasteiger partial charge in [-0.15, -0.1) is 0 Å². The third kappa shape index (κ3) is 5.84. The van der Waals surface area contributed by atoms with Crippen LogP contribution in [0.2, 0.25) is 0 Å². The van der Waals surface area contributed by atoms with Gasteiger partial charge >= 0.3 is 12.1 Å². The van der Waals surface area contributed by atoms with Gasteiger partial charge in [0.2, 0.25) is 5.91 Å². The second kappa shape index (κ2) is 10.9. The summed E-state index contributed by atoms with van der Waals surface area (Å²) in [6, 6.07) is 16.0. The van der Waals surface area contributed by atoms with Crippen LogP contribution in [-0.2, 0) is 14.3 Å². The molecule has 4 rings (SSSR count). The number of aliphatic carboxylic acids is 1. The van der Waals surface area contributed by atoms with Gasteiger partial charge in [-0.25, -0.2) is 4.79 Å². The lowest BCUT2D eigenvalue weighted by atomic mass is 9.84. The van der Waals surface area contributed by atoms with Gasteiger partial charge in [0.25, 0.3) is 0 Å². The van der Waals surface area contributed by atoms with E-state index in [9.17, 15) is 14.4 Å². The van der Waals surface area contributed by atoms with Crippen LogP contribution in [0.5, 0.6) is 0 Å². The number of benzene rings is 2. The van der Waals surface area contributed by atoms with Gasteiger partial charge in [0.05, 0.1) is 0 Å². The Morgan fingerprint density at radius 2 is 1.66 bits per heavy atom. The van der Waals surface area contributed by atoms with Gasteiger partial charge in [0, 0.05) is 37.9 Å². The number of alkyl carbamates (subject to hydrolysis) is 1. The molecule has 2 aliphatic rings. The number of hydrogen-bond acceptors (Lipinski definition) is 4. The lowest BCUT2D eigenvalue weighted by molar-refractivity contribution is -0.138. The van der Waals surface area contributed by atoms with Gasteiger partial charge in [0.1, 0.15) is 6.61 Å². The van der Waals surface area contributed by atoms with Gasteiger partial charge in [0.15, 0.2) is 0 Å². The van der Waals surface area contributed by atoms with Crippen LogP contribution in [0.25, 0.3) is 11.1 Å². The summed E-state index contributed by atoms with van der Waals surface area (Å²) >= 11 is 0. The molecule has 2 aromatic carbocycles. The summed E-state index contributed by atoms with van der Waals surface area (Å²) in [7, 11) is 0. The van der Waals surface area contributed by atoms with Gasteiger partial charge in [-0.2, -0.15) is 0 Å². The molecule has 3 atom stereocenters. The molecule has 1 aliphatic carbocycles. The number of likely N-dealkylation sites (tertiary alicyclic amines) is 1. The van der Waals surface area contributed by atoms with E-state index in [0.717, 1.165) is 24.0 Å². The molecule has 2 amide bonds. The zero-order valence-electron chi connectivity index (χ0n) is 20.4. The Kier molecular flexibility index (Phi) is 7.73. The van der Waals surface area contributed by atoms with Crippen LogP contribution in [0.3, 0.4) is 0 Å². The Bertz CT molecular complexity index is 1040. The number of nitrogens with one attached hydrogen (secondary N) is 1. The smallest absolute Gasteiger partial charge is 0.407 e. The summed E-state index contributed by atoms with van der Waals surface area (Å²) in [5.74, 6) is -0.623. The van der Waals surface area contributed by atoms with Crippen molar-refractivity contribution < 1.29 is 24.2 Å². The topological polar surface area (TPSA) is 95.9 Å². The fourth-order valence-electron chi connectivity index (χ4n) is 5.43. The predicted octanol–water partition coefficient (Wildman–Crippen LogP) is 4.65. The van der Waals surface area contributed by atoms with Crippen molar-refractivity contribution in [3.05, 3.63) is 59.7 Å². The Morgan fingerprint density at radius 3 is 2.29 bits per heavy atom. The average molecular weight is 479 g/mol. The molecule has 3 unspecified atom stereocenters. The van der Waals surface area contributed by atoms with Crippen molar-refractivity contribution in [3.8, 4) is 11.1 Å². The van der Waals surface area contributed by atoms with Crippen LogP contribution in [0.15, 0.2) is 48.5 Å². The zero-order chi connectivity index (χ0) is 24.9. The number of carboxylic acid groups (broad SMARTS) is 1. The van der Waals surface area contributed by atoms with Crippen LogP contribution in [0.1, 0.15) is 56.6 Å². The predicted molar refractivity (Wildman–Crippen MR) is 133 cm³/mol. The largest absolute Gasteiger partial charge is 0.481 e. The van der Waals surface area contributed by atoms with Crippen LogP contribution in [0.4, 0.5) is 4.79 Å². The molecular weight excluding hydrogens is 444 g/mol. The van der Waals surface area contributed by atoms with Crippen molar-refractivity contribution in [2.75, 3.05) is 19.7 Å². The van der Waals surface area contributed by atoms with E-state index in [4.69, 9.17) is 9.84 Å². The first-order chi connectivity index (χ1) is 16.8. The Morgan fingerprint density at radius 1 is 1.03 bits per heavy atom. The summed E-state index contributed by atoms with van der Waals surface area (Å²) < 4.78 is 5.59. The number of rotatable bonds is 8. The van der Waals surface area contributed by atoms with Crippen molar-refractivity contribution in [2.45, 2.75) is 51.5 Å². The van der Waals surface area contributed by atoms with E-state index in [1.165, 1.54) is 11.1 Å². The van der Waals surface area contributed by atoms with E-state index >= 15 is 0 Å². The number of carbonyl (C=O) groups excluding carboxylic acids is 2. The van der Waals surface area contributed by atoms with Gasteiger partial charge < -0.3 is 20.1 Å². The molecule has 0 aromatic heterocycles. The number of nitrogens with zero attached hydrogens (tertiary/aromatic N) is 1. The fourth-order valence-corrected chi connectivity index (χ4v) is 5.43. The highest BCUT2D eigenvalue weighted by Gasteiger charge is 2.31. The van der Waals surface area contributed by atoms with Crippen molar-refractivity contribution in [3.63, 3.8) is 0 Å². The summed E-state index contributed by atoms with van der Waals surface area (Å²) in [6.45, 7) is 5.22. The molecule has 0 saturated carbocycles. The molecular formula is C28H34N2O5. The molecule has 1 fully saturated rings. The Balaban J connectivity index is 1.27. The van der Waals surface area contributed by atoms with Crippen LogP contribution < -0.4 is 5.32 Å². The van der Waals surface area contributed by atoms with E-state index in [2.05, 4.69) is 29.6 Å². The maximum absolute atomic E-state index is 12.8. The minimum Gasteiger partial charge on any atom is -0.481 e. The van der Waals surface area contributed by atoms with E-state index < -0.39 is 12.1 Å². The fraction of sp³-hybridized carbons (Fsp3) is 0.464. The number of piperidine rings is 1. The molecule has 1 aliphatic heterocycles. The molecule has 7 nitrogen and oxygen atoms in total. The van der Waals surface area contributed by atoms with E-state index in [1.807, 2.05) is 36.1 Å². The van der Waals surface area contributed by atoms with E-state index in [0.29, 0.717) is 13.1 Å². The monoisotopic (exact) mass is 478 g/mol. The minimum absolute atomic E-state index is 0.0110. The van der Waals surface area contributed by atoms with Crippen molar-refractivity contribution in [2.24, 2.45) is 11.8 Å². The average Bonchev–Trinajstić information content (AvgIpc) is 3.16. The van der Waals surface area contributed by atoms with Gasteiger partial charge in [-0.3, -0.25) is 9.59 Å². The first-order valence-electron chi connectivity index (χ1n) is 12.4. The maximum Gasteiger partial charge on any atom is 0.407 e. The highest BCUT2D eigenvalue weighted by molar-refractivity contribution is 5.79.